The first-order valence-electron chi connectivity index (χ1n) is 6.16. The Balaban J connectivity index is 1.87. The first-order valence-corrected chi connectivity index (χ1v) is 7.58. The van der Waals surface area contributed by atoms with Crippen LogP contribution in [-0.2, 0) is 14.4 Å². The van der Waals surface area contributed by atoms with Gasteiger partial charge in [-0.15, -0.1) is 11.8 Å². The van der Waals surface area contributed by atoms with E-state index < -0.39 is 23.2 Å². The summed E-state index contributed by atoms with van der Waals surface area (Å²) in [6.07, 6.45) is -0.00847. The molecule has 0 aromatic heterocycles. The molecular weight excluding hydrogens is 316 g/mol. The average molecular weight is 329 g/mol. The van der Waals surface area contributed by atoms with Crippen molar-refractivity contribution in [1.82, 2.24) is 5.32 Å². The highest BCUT2D eigenvalue weighted by Crippen LogP contribution is 2.22. The van der Waals surface area contributed by atoms with Gasteiger partial charge in [-0.1, -0.05) is 11.6 Å². The second kappa shape index (κ2) is 6.82. The molecule has 1 aliphatic rings. The Bertz CT molecular complexity index is 564. The number of carboxylic acid groups (broad SMARTS) is 1. The Labute approximate surface area is 130 Å². The first-order chi connectivity index (χ1) is 9.95. The SMILES string of the molecule is O=C(C[C@@H]1SC[C@H](C(=O)O)NC1=O)Nc1ccc(Cl)cc1. The summed E-state index contributed by atoms with van der Waals surface area (Å²) in [5, 5.41) is 13.9. The van der Waals surface area contributed by atoms with E-state index in [-0.39, 0.29) is 18.1 Å². The molecule has 1 aromatic carbocycles. The molecule has 1 fully saturated rings. The minimum atomic E-state index is -1.07. The molecule has 1 heterocycles. The zero-order valence-corrected chi connectivity index (χ0v) is 12.4. The molecule has 21 heavy (non-hydrogen) atoms. The number of hydrogen-bond acceptors (Lipinski definition) is 4. The van der Waals surface area contributed by atoms with Crippen LogP contribution in [-0.4, -0.2) is 39.9 Å². The van der Waals surface area contributed by atoms with Gasteiger partial charge in [-0.05, 0) is 24.3 Å². The second-order valence-corrected chi connectivity index (χ2v) is 6.15. The Morgan fingerprint density at radius 3 is 2.62 bits per heavy atom. The molecule has 0 aliphatic carbocycles. The highest BCUT2D eigenvalue weighted by Gasteiger charge is 2.33. The molecular formula is C13H13ClN2O4S. The maximum Gasteiger partial charge on any atom is 0.327 e. The molecule has 3 N–H and O–H groups in total. The first kappa shape index (κ1) is 15.7. The van der Waals surface area contributed by atoms with Gasteiger partial charge in [0, 0.05) is 22.9 Å². The Morgan fingerprint density at radius 2 is 2.05 bits per heavy atom. The third-order valence-electron chi connectivity index (χ3n) is 2.87. The van der Waals surface area contributed by atoms with Gasteiger partial charge in [0.2, 0.25) is 11.8 Å². The third kappa shape index (κ3) is 4.37. The van der Waals surface area contributed by atoms with Gasteiger partial charge in [-0.3, -0.25) is 9.59 Å². The molecule has 6 nitrogen and oxygen atoms in total. The fraction of sp³-hybridized carbons (Fsp3) is 0.308. The van der Waals surface area contributed by atoms with Crippen molar-refractivity contribution in [1.29, 1.82) is 0 Å². The number of nitrogens with one attached hydrogen (secondary N) is 2. The van der Waals surface area contributed by atoms with Crippen molar-refractivity contribution in [3.8, 4) is 0 Å². The van der Waals surface area contributed by atoms with E-state index in [1.807, 2.05) is 0 Å². The van der Waals surface area contributed by atoms with Crippen LogP contribution in [0.3, 0.4) is 0 Å². The van der Waals surface area contributed by atoms with Crippen molar-refractivity contribution < 1.29 is 19.5 Å². The van der Waals surface area contributed by atoms with Crippen molar-refractivity contribution in [2.24, 2.45) is 0 Å². The predicted molar refractivity (Wildman–Crippen MR) is 80.5 cm³/mol. The molecule has 1 aliphatic heterocycles. The van der Waals surface area contributed by atoms with E-state index in [1.54, 1.807) is 24.3 Å². The summed E-state index contributed by atoms with van der Waals surface area (Å²) in [5.74, 6) is -1.55. The lowest BCUT2D eigenvalue weighted by molar-refractivity contribution is -0.141. The number of hydrogen-bond donors (Lipinski definition) is 3. The van der Waals surface area contributed by atoms with Crippen molar-refractivity contribution in [2.75, 3.05) is 11.1 Å². The molecule has 0 unspecified atom stereocenters. The lowest BCUT2D eigenvalue weighted by Crippen LogP contribution is -2.51. The molecule has 0 spiro atoms. The lowest BCUT2D eigenvalue weighted by Gasteiger charge is -2.25. The van der Waals surface area contributed by atoms with Crippen molar-refractivity contribution in [2.45, 2.75) is 17.7 Å². The standard InChI is InChI=1S/C13H13ClN2O4S/c14-7-1-3-8(4-2-7)15-11(17)5-10-12(18)16-9(6-21-10)13(19)20/h1-4,9-10H,5-6H2,(H,15,17)(H,16,18)(H,19,20)/t9-,10+/m1/s1. The molecule has 0 radical (unpaired) electrons. The van der Waals surface area contributed by atoms with E-state index in [4.69, 9.17) is 16.7 Å². The normalized spacial score (nSPS) is 21.5. The third-order valence-corrected chi connectivity index (χ3v) is 4.43. The summed E-state index contributed by atoms with van der Waals surface area (Å²) in [4.78, 5) is 34.4. The molecule has 2 rings (SSSR count). The monoisotopic (exact) mass is 328 g/mol. The summed E-state index contributed by atoms with van der Waals surface area (Å²) < 4.78 is 0. The summed E-state index contributed by atoms with van der Waals surface area (Å²) in [6.45, 7) is 0. The minimum Gasteiger partial charge on any atom is -0.480 e. The summed E-state index contributed by atoms with van der Waals surface area (Å²) in [6, 6.07) is 5.73. The van der Waals surface area contributed by atoms with Crippen molar-refractivity contribution >= 4 is 46.8 Å². The molecule has 2 amide bonds. The number of carbonyl (C=O) groups is 3. The van der Waals surface area contributed by atoms with Crippen LogP contribution >= 0.6 is 23.4 Å². The van der Waals surface area contributed by atoms with Crippen molar-refractivity contribution in [3.63, 3.8) is 0 Å². The summed E-state index contributed by atoms with van der Waals surface area (Å²) >= 11 is 6.92. The van der Waals surface area contributed by atoms with Gasteiger partial charge < -0.3 is 15.7 Å². The van der Waals surface area contributed by atoms with Crippen LogP contribution in [0.15, 0.2) is 24.3 Å². The van der Waals surface area contributed by atoms with Crippen molar-refractivity contribution in [3.05, 3.63) is 29.3 Å². The number of amides is 2. The molecule has 1 saturated heterocycles. The minimum absolute atomic E-state index is 0.00847. The maximum atomic E-state index is 11.9. The van der Waals surface area contributed by atoms with E-state index in [2.05, 4.69) is 10.6 Å². The fourth-order valence-electron chi connectivity index (χ4n) is 1.79. The van der Waals surface area contributed by atoms with Crippen LogP contribution in [0, 0.1) is 0 Å². The fourth-order valence-corrected chi connectivity index (χ4v) is 3.06. The largest absolute Gasteiger partial charge is 0.480 e. The van der Waals surface area contributed by atoms with E-state index in [0.717, 1.165) is 0 Å². The predicted octanol–water partition coefficient (Wildman–Crippen LogP) is 1.35. The quantitative estimate of drug-likeness (QED) is 0.775. The topological polar surface area (TPSA) is 95.5 Å². The van der Waals surface area contributed by atoms with Gasteiger partial charge in [0.25, 0.3) is 0 Å². The Morgan fingerprint density at radius 1 is 1.38 bits per heavy atom. The van der Waals surface area contributed by atoms with E-state index in [9.17, 15) is 14.4 Å². The van der Waals surface area contributed by atoms with Crippen LogP contribution in [0.4, 0.5) is 5.69 Å². The van der Waals surface area contributed by atoms with E-state index in [1.165, 1.54) is 11.8 Å². The number of halogens is 1. The second-order valence-electron chi connectivity index (χ2n) is 4.48. The summed E-state index contributed by atoms with van der Waals surface area (Å²) in [7, 11) is 0. The zero-order valence-electron chi connectivity index (χ0n) is 10.8. The molecule has 2 atom stereocenters. The smallest absolute Gasteiger partial charge is 0.327 e. The van der Waals surface area contributed by atoms with Crippen LogP contribution < -0.4 is 10.6 Å². The lowest BCUT2D eigenvalue weighted by atomic mass is 10.2. The molecule has 0 bridgehead atoms. The number of anilines is 1. The highest BCUT2D eigenvalue weighted by molar-refractivity contribution is 8.00. The molecule has 8 heteroatoms. The van der Waals surface area contributed by atoms with Crippen LogP contribution in [0.2, 0.25) is 5.02 Å². The average Bonchev–Trinajstić information content (AvgIpc) is 2.43. The van der Waals surface area contributed by atoms with Crippen LogP contribution in [0.1, 0.15) is 6.42 Å². The number of thioether (sulfide) groups is 1. The number of benzene rings is 1. The Kier molecular flexibility index (Phi) is 5.08. The zero-order chi connectivity index (χ0) is 15.4. The molecule has 112 valence electrons. The van der Waals surface area contributed by atoms with Crippen LogP contribution in [0.25, 0.3) is 0 Å². The van der Waals surface area contributed by atoms with E-state index >= 15 is 0 Å². The van der Waals surface area contributed by atoms with Gasteiger partial charge in [-0.2, -0.15) is 0 Å². The van der Waals surface area contributed by atoms with Crippen LogP contribution in [0.5, 0.6) is 0 Å². The Hall–Kier alpha value is -1.73. The molecule has 1 aromatic rings. The van der Waals surface area contributed by atoms with Gasteiger partial charge in [0.15, 0.2) is 0 Å². The number of carbonyl (C=O) groups excluding carboxylic acids is 2. The highest BCUT2D eigenvalue weighted by atomic mass is 35.5. The van der Waals surface area contributed by atoms with Gasteiger partial charge >= 0.3 is 5.97 Å². The summed E-state index contributed by atoms with van der Waals surface area (Å²) in [5.41, 5.74) is 0.592. The maximum absolute atomic E-state index is 11.9. The van der Waals surface area contributed by atoms with E-state index in [0.29, 0.717) is 10.7 Å². The van der Waals surface area contributed by atoms with Gasteiger partial charge in [-0.25, -0.2) is 4.79 Å². The van der Waals surface area contributed by atoms with Gasteiger partial charge in [0.05, 0.1) is 5.25 Å². The number of aliphatic carboxylic acids is 1. The number of rotatable bonds is 4. The number of carboxylic acids is 1. The van der Waals surface area contributed by atoms with Gasteiger partial charge in [0.1, 0.15) is 6.04 Å². The molecule has 0 saturated carbocycles.